The van der Waals surface area contributed by atoms with Gasteiger partial charge in [0.25, 0.3) is 0 Å². The molecule has 1 saturated heterocycles. The van der Waals surface area contributed by atoms with Gasteiger partial charge in [-0.3, -0.25) is 4.79 Å². The van der Waals surface area contributed by atoms with Crippen LogP contribution in [0.4, 0.5) is 5.69 Å². The average molecular weight is 262 g/mol. The molecule has 2 rings (SSSR count). The molecule has 1 amide bonds. The zero-order valence-corrected chi connectivity index (χ0v) is 11.4. The standard InChI is InChI=1S/C15H22N2O2/c1-12-4-2-3-5-14(12)17-15(18)11-16-10-13-6-8-19-9-7-13/h2-5,13,16H,6-11H2,1H3,(H,17,18). The van der Waals surface area contributed by atoms with Crippen LogP contribution in [0.2, 0.25) is 0 Å². The molecule has 4 heteroatoms. The van der Waals surface area contributed by atoms with Gasteiger partial charge in [0.05, 0.1) is 6.54 Å². The van der Waals surface area contributed by atoms with Crippen molar-refractivity contribution >= 4 is 11.6 Å². The van der Waals surface area contributed by atoms with Crippen LogP contribution in [0.5, 0.6) is 0 Å². The van der Waals surface area contributed by atoms with Crippen molar-refractivity contribution in [3.63, 3.8) is 0 Å². The Kier molecular flexibility index (Phi) is 5.36. The number of hydrogen-bond donors (Lipinski definition) is 2. The number of hydrogen-bond acceptors (Lipinski definition) is 3. The van der Waals surface area contributed by atoms with Gasteiger partial charge in [-0.05, 0) is 43.9 Å². The van der Waals surface area contributed by atoms with Gasteiger partial charge in [0.1, 0.15) is 0 Å². The van der Waals surface area contributed by atoms with Crippen molar-refractivity contribution in [1.29, 1.82) is 0 Å². The molecule has 0 saturated carbocycles. The molecule has 1 aliphatic heterocycles. The van der Waals surface area contributed by atoms with E-state index in [1.54, 1.807) is 0 Å². The molecule has 1 fully saturated rings. The van der Waals surface area contributed by atoms with Crippen LogP contribution in [0.3, 0.4) is 0 Å². The zero-order chi connectivity index (χ0) is 13.5. The van der Waals surface area contributed by atoms with E-state index in [9.17, 15) is 4.79 Å². The Bertz CT molecular complexity index is 414. The van der Waals surface area contributed by atoms with Crippen molar-refractivity contribution in [2.45, 2.75) is 19.8 Å². The third kappa shape index (κ3) is 4.65. The Morgan fingerprint density at radius 1 is 1.32 bits per heavy atom. The first-order valence-corrected chi connectivity index (χ1v) is 6.89. The highest BCUT2D eigenvalue weighted by Crippen LogP contribution is 2.14. The van der Waals surface area contributed by atoms with E-state index in [0.717, 1.165) is 43.9 Å². The monoisotopic (exact) mass is 262 g/mol. The van der Waals surface area contributed by atoms with Crippen LogP contribution in [0.1, 0.15) is 18.4 Å². The summed E-state index contributed by atoms with van der Waals surface area (Å²) in [5.74, 6) is 0.654. The summed E-state index contributed by atoms with van der Waals surface area (Å²) in [5.41, 5.74) is 1.97. The summed E-state index contributed by atoms with van der Waals surface area (Å²) < 4.78 is 5.31. The van der Waals surface area contributed by atoms with Crippen molar-refractivity contribution < 1.29 is 9.53 Å². The smallest absolute Gasteiger partial charge is 0.238 e. The molecule has 4 nitrogen and oxygen atoms in total. The first-order valence-electron chi connectivity index (χ1n) is 6.89. The summed E-state index contributed by atoms with van der Waals surface area (Å²) in [7, 11) is 0. The summed E-state index contributed by atoms with van der Waals surface area (Å²) in [4.78, 5) is 11.8. The number of amides is 1. The Hall–Kier alpha value is -1.39. The van der Waals surface area contributed by atoms with Crippen molar-refractivity contribution in [1.82, 2.24) is 5.32 Å². The van der Waals surface area contributed by atoms with Gasteiger partial charge in [-0.25, -0.2) is 0 Å². The molecule has 0 aliphatic carbocycles. The predicted molar refractivity (Wildman–Crippen MR) is 76.2 cm³/mol. The molecule has 104 valence electrons. The highest BCUT2D eigenvalue weighted by Gasteiger charge is 2.13. The molecule has 2 N–H and O–H groups in total. The largest absolute Gasteiger partial charge is 0.381 e. The molecular formula is C15H22N2O2. The van der Waals surface area contributed by atoms with Crippen LogP contribution in [0, 0.1) is 12.8 Å². The van der Waals surface area contributed by atoms with Crippen molar-refractivity contribution in [2.24, 2.45) is 5.92 Å². The molecule has 1 heterocycles. The van der Waals surface area contributed by atoms with Gasteiger partial charge in [0.15, 0.2) is 0 Å². The molecule has 0 atom stereocenters. The molecule has 1 aromatic carbocycles. The lowest BCUT2D eigenvalue weighted by atomic mass is 10.0. The lowest BCUT2D eigenvalue weighted by Gasteiger charge is -2.22. The van der Waals surface area contributed by atoms with E-state index in [-0.39, 0.29) is 5.91 Å². The maximum Gasteiger partial charge on any atom is 0.238 e. The molecule has 19 heavy (non-hydrogen) atoms. The third-order valence-corrected chi connectivity index (χ3v) is 3.48. The average Bonchev–Trinajstić information content (AvgIpc) is 2.43. The minimum Gasteiger partial charge on any atom is -0.381 e. The summed E-state index contributed by atoms with van der Waals surface area (Å²) in [6.45, 7) is 4.95. The molecule has 1 aliphatic rings. The summed E-state index contributed by atoms with van der Waals surface area (Å²) in [6, 6.07) is 7.81. The van der Waals surface area contributed by atoms with E-state index in [2.05, 4.69) is 10.6 Å². The van der Waals surface area contributed by atoms with E-state index >= 15 is 0 Å². The van der Waals surface area contributed by atoms with Crippen LogP contribution < -0.4 is 10.6 Å². The van der Waals surface area contributed by atoms with Gasteiger partial charge in [0.2, 0.25) is 5.91 Å². The van der Waals surface area contributed by atoms with E-state index in [1.807, 2.05) is 31.2 Å². The maximum absolute atomic E-state index is 11.8. The Labute approximate surface area is 114 Å². The minimum atomic E-state index is 0.0151. The number of nitrogens with one attached hydrogen (secondary N) is 2. The van der Waals surface area contributed by atoms with Gasteiger partial charge in [-0.15, -0.1) is 0 Å². The molecule has 0 spiro atoms. The van der Waals surface area contributed by atoms with Gasteiger partial charge < -0.3 is 15.4 Å². The maximum atomic E-state index is 11.8. The van der Waals surface area contributed by atoms with Crippen molar-refractivity contribution in [3.05, 3.63) is 29.8 Å². The first kappa shape index (κ1) is 14.0. The Balaban J connectivity index is 1.68. The number of aryl methyl sites for hydroxylation is 1. The van der Waals surface area contributed by atoms with E-state index < -0.39 is 0 Å². The third-order valence-electron chi connectivity index (χ3n) is 3.48. The lowest BCUT2D eigenvalue weighted by molar-refractivity contribution is -0.115. The molecular weight excluding hydrogens is 240 g/mol. The van der Waals surface area contributed by atoms with Crippen LogP contribution in [-0.2, 0) is 9.53 Å². The molecule has 0 radical (unpaired) electrons. The van der Waals surface area contributed by atoms with Crippen LogP contribution in [0.25, 0.3) is 0 Å². The Morgan fingerprint density at radius 2 is 2.05 bits per heavy atom. The summed E-state index contributed by atoms with van der Waals surface area (Å²) in [6.07, 6.45) is 2.18. The fourth-order valence-corrected chi connectivity index (χ4v) is 2.25. The SMILES string of the molecule is Cc1ccccc1NC(=O)CNCC1CCOCC1. The van der Waals surface area contributed by atoms with Gasteiger partial charge >= 0.3 is 0 Å². The fourth-order valence-electron chi connectivity index (χ4n) is 2.25. The number of carbonyl (C=O) groups is 1. The van der Waals surface area contributed by atoms with Crippen molar-refractivity contribution in [2.75, 3.05) is 31.6 Å². The number of carbonyl (C=O) groups excluding carboxylic acids is 1. The molecule has 0 unspecified atom stereocenters. The summed E-state index contributed by atoms with van der Waals surface area (Å²) >= 11 is 0. The summed E-state index contributed by atoms with van der Waals surface area (Å²) in [5, 5.41) is 6.15. The number of anilines is 1. The zero-order valence-electron chi connectivity index (χ0n) is 11.4. The van der Waals surface area contributed by atoms with Crippen LogP contribution in [-0.4, -0.2) is 32.2 Å². The number of rotatable bonds is 5. The van der Waals surface area contributed by atoms with Gasteiger partial charge in [-0.1, -0.05) is 18.2 Å². The minimum absolute atomic E-state index is 0.0151. The topological polar surface area (TPSA) is 50.4 Å². The fraction of sp³-hybridized carbons (Fsp3) is 0.533. The van der Waals surface area contributed by atoms with Crippen LogP contribution in [0.15, 0.2) is 24.3 Å². The lowest BCUT2D eigenvalue weighted by Crippen LogP contribution is -2.33. The van der Waals surface area contributed by atoms with Crippen LogP contribution >= 0.6 is 0 Å². The number of para-hydroxylation sites is 1. The van der Waals surface area contributed by atoms with E-state index in [0.29, 0.717) is 12.5 Å². The number of benzene rings is 1. The normalized spacial score (nSPS) is 16.3. The van der Waals surface area contributed by atoms with E-state index in [1.165, 1.54) is 0 Å². The molecule has 0 bridgehead atoms. The highest BCUT2D eigenvalue weighted by molar-refractivity contribution is 5.92. The molecule has 0 aromatic heterocycles. The highest BCUT2D eigenvalue weighted by atomic mass is 16.5. The van der Waals surface area contributed by atoms with E-state index in [4.69, 9.17) is 4.74 Å². The second kappa shape index (κ2) is 7.26. The van der Waals surface area contributed by atoms with Crippen molar-refractivity contribution in [3.8, 4) is 0 Å². The second-order valence-electron chi connectivity index (χ2n) is 5.05. The van der Waals surface area contributed by atoms with Gasteiger partial charge in [0, 0.05) is 18.9 Å². The Morgan fingerprint density at radius 3 is 2.79 bits per heavy atom. The quantitative estimate of drug-likeness (QED) is 0.852. The molecule has 1 aromatic rings. The first-order chi connectivity index (χ1) is 9.25. The predicted octanol–water partition coefficient (Wildman–Crippen LogP) is 1.95. The van der Waals surface area contributed by atoms with Gasteiger partial charge in [-0.2, -0.15) is 0 Å². The number of ether oxygens (including phenoxy) is 1. The second-order valence-corrected chi connectivity index (χ2v) is 5.05.